The van der Waals surface area contributed by atoms with Gasteiger partial charge < -0.3 is 19.9 Å². The lowest BCUT2D eigenvalue weighted by molar-refractivity contribution is -0.177. The fourth-order valence-electron chi connectivity index (χ4n) is 2.74. The second kappa shape index (κ2) is 5.95. The van der Waals surface area contributed by atoms with Crippen molar-refractivity contribution in [3.63, 3.8) is 0 Å². The number of nitrogens with two attached hydrogens (primary N) is 1. The summed E-state index contributed by atoms with van der Waals surface area (Å²) in [6, 6.07) is -0.385. The number of hydrogen-bond donors (Lipinski definition) is 1. The Labute approximate surface area is 110 Å². The molecule has 2 aliphatic heterocycles. The van der Waals surface area contributed by atoms with Crippen molar-refractivity contribution in [2.45, 2.75) is 37.1 Å². The van der Waals surface area contributed by atoms with Gasteiger partial charge in [-0.1, -0.05) is 0 Å². The van der Waals surface area contributed by atoms with Gasteiger partial charge in [0, 0.05) is 25.7 Å². The molecule has 2 fully saturated rings. The quantitative estimate of drug-likeness (QED) is 0.849. The van der Waals surface area contributed by atoms with E-state index in [1.165, 1.54) is 0 Å². The largest absolute Gasteiger partial charge is 0.411 e. The number of alkyl halides is 3. The maximum absolute atomic E-state index is 12.0. The van der Waals surface area contributed by atoms with E-state index in [0.717, 1.165) is 19.3 Å². The molecule has 2 N–H and O–H groups in total. The van der Waals surface area contributed by atoms with Gasteiger partial charge in [-0.25, -0.2) is 0 Å². The average molecular weight is 283 g/mol. The van der Waals surface area contributed by atoms with Crippen LogP contribution in [0.4, 0.5) is 13.2 Å². The highest BCUT2D eigenvalue weighted by molar-refractivity contribution is 4.93. The molecule has 0 aliphatic carbocycles. The highest BCUT2D eigenvalue weighted by Gasteiger charge is 2.42. The Morgan fingerprint density at radius 1 is 1.37 bits per heavy atom. The smallest absolute Gasteiger partial charge is 0.378 e. The van der Waals surface area contributed by atoms with Gasteiger partial charge in [-0.2, -0.15) is 13.2 Å². The van der Waals surface area contributed by atoms with Crippen molar-refractivity contribution in [2.24, 2.45) is 11.7 Å². The Balaban J connectivity index is 1.77. The molecule has 7 heteroatoms. The molecular formula is C12H20F3NO3. The van der Waals surface area contributed by atoms with Crippen LogP contribution in [0.5, 0.6) is 0 Å². The molecule has 19 heavy (non-hydrogen) atoms. The predicted octanol–water partition coefficient (Wildman–Crippen LogP) is 1.48. The van der Waals surface area contributed by atoms with E-state index in [-0.39, 0.29) is 24.2 Å². The highest BCUT2D eigenvalue weighted by Crippen LogP contribution is 2.36. The summed E-state index contributed by atoms with van der Waals surface area (Å²) in [7, 11) is 0. The van der Waals surface area contributed by atoms with Crippen molar-refractivity contribution in [2.75, 3.05) is 33.0 Å². The van der Waals surface area contributed by atoms with Crippen LogP contribution < -0.4 is 5.73 Å². The number of rotatable bonds is 4. The van der Waals surface area contributed by atoms with E-state index in [2.05, 4.69) is 4.74 Å². The number of hydrogen-bond acceptors (Lipinski definition) is 4. The minimum absolute atomic E-state index is 0.0683. The van der Waals surface area contributed by atoms with E-state index < -0.39 is 12.8 Å². The standard InChI is InChI=1S/C12H20F3NO3/c13-12(14,15)8-18-6-10(16)9-1-3-19-11(5-9)2-4-17-7-11/h9-10H,1-8,16H2. The summed E-state index contributed by atoms with van der Waals surface area (Å²) in [6.45, 7) is 0.506. The van der Waals surface area contributed by atoms with E-state index in [1.807, 2.05) is 0 Å². The molecule has 1 spiro atoms. The van der Waals surface area contributed by atoms with Gasteiger partial charge in [0.25, 0.3) is 0 Å². The maximum atomic E-state index is 12.0. The lowest BCUT2D eigenvalue weighted by atomic mass is 9.81. The Morgan fingerprint density at radius 3 is 2.79 bits per heavy atom. The first-order chi connectivity index (χ1) is 8.90. The molecular weight excluding hydrogens is 263 g/mol. The van der Waals surface area contributed by atoms with E-state index in [4.69, 9.17) is 15.2 Å². The Morgan fingerprint density at radius 2 is 2.16 bits per heavy atom. The molecule has 4 nitrogen and oxygen atoms in total. The molecule has 2 heterocycles. The molecule has 0 aromatic rings. The molecule has 0 bridgehead atoms. The van der Waals surface area contributed by atoms with Gasteiger partial charge in [-0.05, 0) is 18.8 Å². The van der Waals surface area contributed by atoms with Gasteiger partial charge in [0.15, 0.2) is 0 Å². The van der Waals surface area contributed by atoms with Crippen molar-refractivity contribution in [1.29, 1.82) is 0 Å². The third-order valence-corrected chi connectivity index (χ3v) is 3.78. The average Bonchev–Trinajstić information content (AvgIpc) is 2.75. The molecule has 0 radical (unpaired) electrons. The zero-order valence-corrected chi connectivity index (χ0v) is 10.7. The lowest BCUT2D eigenvalue weighted by Crippen LogP contribution is -2.47. The van der Waals surface area contributed by atoms with Crippen LogP contribution in [-0.2, 0) is 14.2 Å². The molecule has 0 aromatic carbocycles. The molecule has 2 saturated heterocycles. The van der Waals surface area contributed by atoms with Crippen molar-refractivity contribution in [3.05, 3.63) is 0 Å². The number of halogens is 3. The van der Waals surface area contributed by atoms with E-state index in [0.29, 0.717) is 19.8 Å². The summed E-state index contributed by atoms with van der Waals surface area (Å²) in [5.41, 5.74) is 5.67. The molecule has 2 aliphatic rings. The minimum Gasteiger partial charge on any atom is -0.378 e. The van der Waals surface area contributed by atoms with Crippen molar-refractivity contribution in [3.8, 4) is 0 Å². The summed E-state index contributed by atoms with van der Waals surface area (Å²) < 4.78 is 51.7. The predicted molar refractivity (Wildman–Crippen MR) is 61.7 cm³/mol. The van der Waals surface area contributed by atoms with Gasteiger partial charge in [-0.15, -0.1) is 0 Å². The first-order valence-electron chi connectivity index (χ1n) is 6.52. The SMILES string of the molecule is NC(COCC(F)(F)F)C1CCOC2(CCOC2)C1. The van der Waals surface area contributed by atoms with E-state index in [9.17, 15) is 13.2 Å². The van der Waals surface area contributed by atoms with Crippen molar-refractivity contribution >= 4 is 0 Å². The Kier molecular flexibility index (Phi) is 4.70. The van der Waals surface area contributed by atoms with Crippen LogP contribution >= 0.6 is 0 Å². The summed E-state index contributed by atoms with van der Waals surface area (Å²) in [6.07, 6.45) is -1.96. The van der Waals surface area contributed by atoms with Gasteiger partial charge in [0.2, 0.25) is 0 Å². The zero-order valence-electron chi connectivity index (χ0n) is 10.7. The van der Waals surface area contributed by atoms with Crippen LogP contribution in [0.2, 0.25) is 0 Å². The Bertz CT molecular complexity index is 292. The number of ether oxygens (including phenoxy) is 3. The van der Waals surface area contributed by atoms with Gasteiger partial charge >= 0.3 is 6.18 Å². The van der Waals surface area contributed by atoms with Crippen molar-refractivity contribution in [1.82, 2.24) is 0 Å². The van der Waals surface area contributed by atoms with Gasteiger partial charge in [0.1, 0.15) is 6.61 Å². The fourth-order valence-corrected chi connectivity index (χ4v) is 2.74. The van der Waals surface area contributed by atoms with E-state index >= 15 is 0 Å². The topological polar surface area (TPSA) is 53.7 Å². The fraction of sp³-hybridized carbons (Fsp3) is 1.00. The second-order valence-corrected chi connectivity index (χ2v) is 5.38. The van der Waals surface area contributed by atoms with Crippen LogP contribution in [0.15, 0.2) is 0 Å². The van der Waals surface area contributed by atoms with Gasteiger partial charge in [-0.3, -0.25) is 0 Å². The zero-order chi connectivity index (χ0) is 13.9. The molecule has 3 atom stereocenters. The van der Waals surface area contributed by atoms with E-state index in [1.54, 1.807) is 0 Å². The van der Waals surface area contributed by atoms with Crippen LogP contribution in [0.3, 0.4) is 0 Å². The van der Waals surface area contributed by atoms with Crippen molar-refractivity contribution < 1.29 is 27.4 Å². The second-order valence-electron chi connectivity index (χ2n) is 5.38. The summed E-state index contributed by atoms with van der Waals surface area (Å²) in [4.78, 5) is 0. The van der Waals surface area contributed by atoms with Crippen LogP contribution in [0.1, 0.15) is 19.3 Å². The minimum atomic E-state index is -4.30. The molecule has 2 rings (SSSR count). The lowest BCUT2D eigenvalue weighted by Gasteiger charge is -2.39. The first-order valence-corrected chi connectivity index (χ1v) is 6.52. The monoisotopic (exact) mass is 283 g/mol. The summed E-state index contributed by atoms with van der Waals surface area (Å²) in [5.74, 6) is 0.128. The molecule has 0 aromatic heterocycles. The third kappa shape index (κ3) is 4.30. The first kappa shape index (κ1) is 15.0. The molecule has 0 saturated carbocycles. The third-order valence-electron chi connectivity index (χ3n) is 3.78. The molecule has 0 amide bonds. The van der Waals surface area contributed by atoms with Gasteiger partial charge in [0.05, 0.1) is 18.8 Å². The van der Waals surface area contributed by atoms with Crippen LogP contribution in [0, 0.1) is 5.92 Å². The van der Waals surface area contributed by atoms with Crippen LogP contribution in [-0.4, -0.2) is 50.9 Å². The highest BCUT2D eigenvalue weighted by atomic mass is 19.4. The summed E-state index contributed by atoms with van der Waals surface area (Å²) in [5, 5.41) is 0. The Hall–Kier alpha value is -0.370. The summed E-state index contributed by atoms with van der Waals surface area (Å²) >= 11 is 0. The molecule has 112 valence electrons. The normalized spacial score (nSPS) is 33.8. The van der Waals surface area contributed by atoms with Crippen LogP contribution in [0.25, 0.3) is 0 Å². The molecule has 3 unspecified atom stereocenters. The maximum Gasteiger partial charge on any atom is 0.411 e.